The quantitative estimate of drug-likeness (QED) is 0.555. The second kappa shape index (κ2) is 6.43. The number of fused-ring (bicyclic) bond motifs is 2. The van der Waals surface area contributed by atoms with Crippen LogP contribution in [0.2, 0.25) is 5.02 Å². The highest BCUT2D eigenvalue weighted by molar-refractivity contribution is 6.34. The maximum Gasteiger partial charge on any atom is 0.322 e. The van der Waals surface area contributed by atoms with Gasteiger partial charge in [0.25, 0.3) is 0 Å². The van der Waals surface area contributed by atoms with E-state index in [1.165, 1.54) is 6.92 Å². The summed E-state index contributed by atoms with van der Waals surface area (Å²) in [5.74, 6) is 0.383. The van der Waals surface area contributed by atoms with Gasteiger partial charge in [-0.15, -0.1) is 0 Å². The smallest absolute Gasteiger partial charge is 0.322 e. The molecule has 3 N–H and O–H groups in total. The van der Waals surface area contributed by atoms with E-state index in [-0.39, 0.29) is 17.8 Å². The molecule has 2 amide bonds. The van der Waals surface area contributed by atoms with Crippen LogP contribution in [0.15, 0.2) is 18.2 Å². The van der Waals surface area contributed by atoms with Crippen molar-refractivity contribution in [3.05, 3.63) is 28.8 Å². The van der Waals surface area contributed by atoms with Crippen molar-refractivity contribution in [1.29, 1.82) is 10.8 Å². The molecule has 1 aromatic rings. The fourth-order valence-corrected chi connectivity index (χ4v) is 3.85. The number of benzene rings is 1. The van der Waals surface area contributed by atoms with E-state index >= 15 is 0 Å². The van der Waals surface area contributed by atoms with E-state index in [4.69, 9.17) is 27.2 Å². The van der Waals surface area contributed by atoms with Gasteiger partial charge in [-0.1, -0.05) is 18.5 Å². The van der Waals surface area contributed by atoms with Gasteiger partial charge in [0.2, 0.25) is 5.90 Å². The number of urea groups is 1. The zero-order valence-corrected chi connectivity index (χ0v) is 14.5. The van der Waals surface area contributed by atoms with Gasteiger partial charge in [-0.2, -0.15) is 0 Å². The summed E-state index contributed by atoms with van der Waals surface area (Å²) in [4.78, 5) is 14.5. The number of halogens is 1. The van der Waals surface area contributed by atoms with Crippen molar-refractivity contribution in [2.45, 2.75) is 45.2 Å². The van der Waals surface area contributed by atoms with Gasteiger partial charge in [-0.05, 0) is 43.4 Å². The van der Waals surface area contributed by atoms with E-state index in [0.717, 1.165) is 19.3 Å². The minimum absolute atomic E-state index is 0.0898. The minimum atomic E-state index is -0.210. The molecule has 0 radical (unpaired) electrons. The van der Waals surface area contributed by atoms with Crippen molar-refractivity contribution >= 4 is 35.1 Å². The summed E-state index contributed by atoms with van der Waals surface area (Å²) in [7, 11) is 0. The van der Waals surface area contributed by atoms with Gasteiger partial charge in [-0.25, -0.2) is 4.79 Å². The molecule has 3 rings (SSSR count). The standard InChI is InChI=1S/C17H21ClN4O2/c1-9-5-12-8-13(6-9)22(12)17(23)21-11-3-4-15(18)14(7-11)16(20)24-10(2)19/h3-4,7,9,12-13,19-20H,5-6,8H2,1-2H3,(H,21,23). The SMILES string of the molecule is CC(=N)OC(=N)c1cc(NC(=O)N2C3CC(C)CC2C3)ccc1Cl. The van der Waals surface area contributed by atoms with Crippen LogP contribution in [-0.2, 0) is 4.74 Å². The van der Waals surface area contributed by atoms with Crippen molar-refractivity contribution < 1.29 is 9.53 Å². The van der Waals surface area contributed by atoms with E-state index in [1.807, 2.05) is 4.90 Å². The molecule has 2 fully saturated rings. The lowest BCUT2D eigenvalue weighted by Crippen LogP contribution is -2.63. The first-order valence-electron chi connectivity index (χ1n) is 8.06. The van der Waals surface area contributed by atoms with Crippen molar-refractivity contribution in [2.75, 3.05) is 5.32 Å². The monoisotopic (exact) mass is 348 g/mol. The van der Waals surface area contributed by atoms with Gasteiger partial charge in [0.05, 0.1) is 10.6 Å². The number of hydrogen-bond donors (Lipinski definition) is 3. The van der Waals surface area contributed by atoms with E-state index < -0.39 is 0 Å². The molecule has 1 aromatic carbocycles. The summed E-state index contributed by atoms with van der Waals surface area (Å²) in [5.41, 5.74) is 0.909. The molecule has 2 atom stereocenters. The summed E-state index contributed by atoms with van der Waals surface area (Å²) >= 11 is 6.09. The highest BCUT2D eigenvalue weighted by Crippen LogP contribution is 2.41. The molecular weight excluding hydrogens is 328 g/mol. The lowest BCUT2D eigenvalue weighted by Gasteiger charge is -2.54. The first-order valence-corrected chi connectivity index (χ1v) is 8.43. The van der Waals surface area contributed by atoms with Gasteiger partial charge in [-0.3, -0.25) is 10.8 Å². The predicted octanol–water partition coefficient (Wildman–Crippen LogP) is 4.08. The maximum atomic E-state index is 12.5. The Morgan fingerprint density at radius 3 is 2.58 bits per heavy atom. The van der Waals surface area contributed by atoms with Crippen LogP contribution in [0.5, 0.6) is 0 Å². The highest BCUT2D eigenvalue weighted by Gasteiger charge is 2.46. The molecular formula is C17H21ClN4O2. The van der Waals surface area contributed by atoms with Crippen LogP contribution >= 0.6 is 11.6 Å². The molecule has 128 valence electrons. The number of carbonyl (C=O) groups excluding carboxylic acids is 1. The number of piperidine rings is 1. The van der Waals surface area contributed by atoms with Gasteiger partial charge in [0.1, 0.15) is 0 Å². The molecule has 0 aliphatic carbocycles. The third kappa shape index (κ3) is 3.24. The topological polar surface area (TPSA) is 89.3 Å². The van der Waals surface area contributed by atoms with Crippen LogP contribution in [0.1, 0.15) is 38.7 Å². The maximum absolute atomic E-state index is 12.5. The number of rotatable bonds is 2. The van der Waals surface area contributed by atoms with Crippen LogP contribution in [0.3, 0.4) is 0 Å². The Morgan fingerprint density at radius 2 is 1.96 bits per heavy atom. The Labute approximate surface area is 146 Å². The lowest BCUT2D eigenvalue weighted by molar-refractivity contribution is -0.00601. The number of anilines is 1. The zero-order valence-electron chi connectivity index (χ0n) is 13.7. The molecule has 2 heterocycles. The number of nitrogens with zero attached hydrogens (tertiary/aromatic N) is 1. The van der Waals surface area contributed by atoms with Crippen molar-refractivity contribution in [1.82, 2.24) is 4.90 Å². The van der Waals surface area contributed by atoms with Crippen LogP contribution in [0, 0.1) is 16.7 Å². The fourth-order valence-electron chi connectivity index (χ4n) is 3.65. The van der Waals surface area contributed by atoms with Crippen LogP contribution < -0.4 is 5.32 Å². The fraction of sp³-hybridized carbons (Fsp3) is 0.471. The summed E-state index contributed by atoms with van der Waals surface area (Å²) < 4.78 is 4.99. The number of amides is 2. The molecule has 0 saturated carbocycles. The molecule has 24 heavy (non-hydrogen) atoms. The first kappa shape index (κ1) is 16.8. The normalized spacial score (nSPS) is 24.8. The average Bonchev–Trinajstić information content (AvgIpc) is 2.47. The Hall–Kier alpha value is -2.08. The largest absolute Gasteiger partial charge is 0.425 e. The summed E-state index contributed by atoms with van der Waals surface area (Å²) in [5, 5.41) is 18.4. The Morgan fingerprint density at radius 1 is 1.29 bits per heavy atom. The zero-order chi connectivity index (χ0) is 17.4. The van der Waals surface area contributed by atoms with Gasteiger partial charge in [0, 0.05) is 24.7 Å². The molecule has 2 aliphatic heterocycles. The Balaban J connectivity index is 1.70. The molecule has 2 bridgehead atoms. The third-order valence-electron chi connectivity index (χ3n) is 4.63. The van der Waals surface area contributed by atoms with Crippen molar-refractivity contribution in [2.24, 2.45) is 5.92 Å². The second-order valence-electron chi connectivity index (χ2n) is 6.64. The van der Waals surface area contributed by atoms with Gasteiger partial charge in [0.15, 0.2) is 5.90 Å². The third-order valence-corrected chi connectivity index (χ3v) is 4.96. The highest BCUT2D eigenvalue weighted by atomic mass is 35.5. The van der Waals surface area contributed by atoms with Crippen molar-refractivity contribution in [3.8, 4) is 0 Å². The second-order valence-corrected chi connectivity index (χ2v) is 7.05. The molecule has 0 spiro atoms. The lowest BCUT2D eigenvalue weighted by atomic mass is 9.74. The molecule has 7 heteroatoms. The van der Waals surface area contributed by atoms with Crippen LogP contribution in [0.25, 0.3) is 0 Å². The molecule has 2 aliphatic rings. The Kier molecular flexibility index (Phi) is 4.49. The molecule has 2 unspecified atom stereocenters. The van der Waals surface area contributed by atoms with E-state index in [0.29, 0.717) is 34.3 Å². The predicted molar refractivity (Wildman–Crippen MR) is 94.2 cm³/mol. The van der Waals surface area contributed by atoms with E-state index in [1.54, 1.807) is 18.2 Å². The van der Waals surface area contributed by atoms with Gasteiger partial charge >= 0.3 is 6.03 Å². The number of nitrogens with one attached hydrogen (secondary N) is 3. The summed E-state index contributed by atoms with van der Waals surface area (Å²) in [6.07, 6.45) is 3.22. The number of carbonyl (C=O) groups is 1. The van der Waals surface area contributed by atoms with Crippen LogP contribution in [-0.4, -0.2) is 34.8 Å². The molecule has 6 nitrogen and oxygen atoms in total. The van der Waals surface area contributed by atoms with E-state index in [2.05, 4.69) is 12.2 Å². The van der Waals surface area contributed by atoms with E-state index in [9.17, 15) is 4.79 Å². The number of ether oxygens (including phenoxy) is 1. The Bertz CT molecular complexity index is 694. The molecule has 2 saturated heterocycles. The summed E-state index contributed by atoms with van der Waals surface area (Å²) in [6, 6.07) is 5.49. The average molecular weight is 349 g/mol. The minimum Gasteiger partial charge on any atom is -0.425 e. The molecule has 0 aromatic heterocycles. The number of hydrogen-bond acceptors (Lipinski definition) is 4. The van der Waals surface area contributed by atoms with Crippen LogP contribution in [0.4, 0.5) is 10.5 Å². The van der Waals surface area contributed by atoms with Gasteiger partial charge < -0.3 is 15.0 Å². The summed E-state index contributed by atoms with van der Waals surface area (Å²) in [6.45, 7) is 3.68. The van der Waals surface area contributed by atoms with Crippen molar-refractivity contribution in [3.63, 3.8) is 0 Å². The first-order chi connectivity index (χ1) is 11.3.